The molecule has 2 unspecified atom stereocenters. The van der Waals surface area contributed by atoms with Crippen LogP contribution in [-0.2, 0) is 6.18 Å². The molecule has 2 nitrogen and oxygen atoms in total. The molecule has 0 fully saturated rings. The van der Waals surface area contributed by atoms with Crippen molar-refractivity contribution in [3.63, 3.8) is 0 Å². The fraction of sp³-hybridized carbons (Fsp3) is 0.455. The molecule has 2 rings (SSSR count). The number of hydrogen-bond donors (Lipinski definition) is 1. The summed E-state index contributed by atoms with van der Waals surface area (Å²) in [5.74, 6) is 0. The first-order valence-electron chi connectivity index (χ1n) is 9.11. The Morgan fingerprint density at radius 2 is 1.52 bits per heavy atom. The molecule has 0 saturated carbocycles. The van der Waals surface area contributed by atoms with Crippen molar-refractivity contribution in [1.82, 2.24) is 10.2 Å². The first-order valence-corrected chi connectivity index (χ1v) is 9.11. The number of rotatable bonds is 6. The highest BCUT2D eigenvalue weighted by molar-refractivity contribution is 5.38. The van der Waals surface area contributed by atoms with Crippen LogP contribution in [0.2, 0.25) is 0 Å². The normalized spacial score (nSPS) is 15.0. The van der Waals surface area contributed by atoms with Crippen molar-refractivity contribution in [2.75, 3.05) is 14.1 Å². The molecular weight excluding hydrogens is 349 g/mol. The molecule has 2 aromatic carbocycles. The molecule has 0 aliphatic heterocycles. The lowest BCUT2D eigenvalue weighted by molar-refractivity contribution is -0.138. The second-order valence-electron chi connectivity index (χ2n) is 7.80. The summed E-state index contributed by atoms with van der Waals surface area (Å²) in [6.07, 6.45) is -4.35. The minimum Gasteiger partial charge on any atom is -0.302 e. The van der Waals surface area contributed by atoms with E-state index in [9.17, 15) is 13.2 Å². The molecule has 0 aromatic heterocycles. The van der Waals surface area contributed by atoms with Crippen LogP contribution < -0.4 is 5.32 Å². The van der Waals surface area contributed by atoms with Gasteiger partial charge >= 0.3 is 6.18 Å². The zero-order valence-corrected chi connectivity index (χ0v) is 16.9. The van der Waals surface area contributed by atoms with E-state index >= 15 is 0 Å². The van der Waals surface area contributed by atoms with Crippen LogP contribution in [0.15, 0.2) is 48.5 Å². The fourth-order valence-electron chi connectivity index (χ4n) is 3.38. The number of halogens is 3. The second kappa shape index (κ2) is 8.03. The van der Waals surface area contributed by atoms with Crippen molar-refractivity contribution < 1.29 is 13.2 Å². The zero-order chi connectivity index (χ0) is 20.4. The predicted octanol–water partition coefficient (Wildman–Crippen LogP) is 5.75. The van der Waals surface area contributed by atoms with E-state index in [1.54, 1.807) is 13.0 Å². The van der Waals surface area contributed by atoms with Crippen LogP contribution in [0.5, 0.6) is 0 Å². The van der Waals surface area contributed by atoms with E-state index in [0.29, 0.717) is 5.56 Å². The monoisotopic (exact) mass is 378 g/mol. The summed E-state index contributed by atoms with van der Waals surface area (Å²) in [6, 6.07) is 14.1. The number of nitrogens with zero attached hydrogens (tertiary/aromatic N) is 1. The predicted molar refractivity (Wildman–Crippen MR) is 105 cm³/mol. The molecule has 1 N–H and O–H groups in total. The summed E-state index contributed by atoms with van der Waals surface area (Å²) in [6.45, 7) is 7.72. The molecule has 0 bridgehead atoms. The van der Waals surface area contributed by atoms with E-state index < -0.39 is 11.7 Å². The van der Waals surface area contributed by atoms with Gasteiger partial charge in [-0.25, -0.2) is 0 Å². The maximum Gasteiger partial charge on any atom is 0.416 e. The average Bonchev–Trinajstić information content (AvgIpc) is 2.59. The van der Waals surface area contributed by atoms with Crippen LogP contribution in [0.4, 0.5) is 13.2 Å². The van der Waals surface area contributed by atoms with Gasteiger partial charge in [0.05, 0.1) is 11.6 Å². The molecule has 0 amide bonds. The number of nitrogens with one attached hydrogen (secondary N) is 1. The smallest absolute Gasteiger partial charge is 0.302 e. The Morgan fingerprint density at radius 1 is 0.926 bits per heavy atom. The van der Waals surface area contributed by atoms with Gasteiger partial charge in [0.2, 0.25) is 0 Å². The summed E-state index contributed by atoms with van der Waals surface area (Å²) < 4.78 is 39.9. The van der Waals surface area contributed by atoms with E-state index in [2.05, 4.69) is 36.2 Å². The van der Waals surface area contributed by atoms with Gasteiger partial charge in [-0.15, -0.1) is 0 Å². The standard InChI is InChI=1S/C22H29F3N2/c1-15-18(13-10-14-19(15)22(23,24)25)16(2)26-20(21(3,4)27(5)6)17-11-8-7-9-12-17/h7-14,16,20,26H,1-6H3. The van der Waals surface area contributed by atoms with E-state index in [1.807, 2.05) is 39.2 Å². The highest BCUT2D eigenvalue weighted by Gasteiger charge is 2.36. The zero-order valence-electron chi connectivity index (χ0n) is 16.9. The Labute approximate surface area is 160 Å². The molecule has 0 saturated heterocycles. The van der Waals surface area contributed by atoms with Crippen LogP contribution in [0.1, 0.15) is 55.1 Å². The fourth-order valence-corrected chi connectivity index (χ4v) is 3.38. The largest absolute Gasteiger partial charge is 0.416 e. The van der Waals surface area contributed by atoms with Gasteiger partial charge in [0.25, 0.3) is 0 Å². The van der Waals surface area contributed by atoms with Gasteiger partial charge < -0.3 is 10.2 Å². The maximum absolute atomic E-state index is 13.3. The third kappa shape index (κ3) is 4.71. The lowest BCUT2D eigenvalue weighted by Crippen LogP contribution is -2.49. The molecule has 0 spiro atoms. The Balaban J connectivity index is 2.42. The van der Waals surface area contributed by atoms with Crippen molar-refractivity contribution in [2.24, 2.45) is 0 Å². The molecule has 2 aromatic rings. The molecule has 2 atom stereocenters. The molecule has 0 aliphatic carbocycles. The number of likely N-dealkylation sites (N-methyl/N-ethyl adjacent to an activating group) is 1. The number of hydrogen-bond acceptors (Lipinski definition) is 2. The molecule has 27 heavy (non-hydrogen) atoms. The first-order chi connectivity index (χ1) is 12.5. The van der Waals surface area contributed by atoms with E-state index in [0.717, 1.165) is 11.6 Å². The second-order valence-corrected chi connectivity index (χ2v) is 7.80. The van der Waals surface area contributed by atoms with Gasteiger partial charge in [-0.2, -0.15) is 13.2 Å². The Morgan fingerprint density at radius 3 is 2.04 bits per heavy atom. The van der Waals surface area contributed by atoms with Crippen molar-refractivity contribution >= 4 is 0 Å². The molecule has 0 heterocycles. The van der Waals surface area contributed by atoms with Gasteiger partial charge in [0, 0.05) is 11.6 Å². The minimum absolute atomic E-state index is 0.0577. The van der Waals surface area contributed by atoms with E-state index in [4.69, 9.17) is 0 Å². The first kappa shape index (κ1) is 21.5. The van der Waals surface area contributed by atoms with Crippen molar-refractivity contribution in [3.8, 4) is 0 Å². The third-order valence-corrected chi connectivity index (χ3v) is 5.56. The quantitative estimate of drug-likeness (QED) is 0.689. The summed E-state index contributed by atoms with van der Waals surface area (Å²) in [7, 11) is 4.02. The summed E-state index contributed by atoms with van der Waals surface area (Å²) in [4.78, 5) is 2.13. The van der Waals surface area contributed by atoms with Crippen LogP contribution >= 0.6 is 0 Å². The summed E-state index contributed by atoms with van der Waals surface area (Å²) in [5, 5.41) is 3.58. The van der Waals surface area contributed by atoms with E-state index in [1.165, 1.54) is 6.07 Å². The molecular formula is C22H29F3N2. The lowest BCUT2D eigenvalue weighted by Gasteiger charge is -2.42. The lowest BCUT2D eigenvalue weighted by atomic mass is 9.86. The highest BCUT2D eigenvalue weighted by atomic mass is 19.4. The van der Waals surface area contributed by atoms with Crippen molar-refractivity contribution in [1.29, 1.82) is 0 Å². The van der Waals surface area contributed by atoms with Crippen molar-refractivity contribution in [2.45, 2.75) is 51.5 Å². The summed E-state index contributed by atoms with van der Waals surface area (Å²) >= 11 is 0. The Kier molecular flexibility index (Phi) is 6.38. The molecule has 5 heteroatoms. The SMILES string of the molecule is Cc1c(C(C)NC(c2ccccc2)C(C)(C)N(C)C)cccc1C(F)(F)F. The van der Waals surface area contributed by atoms with Gasteiger partial charge in [0.1, 0.15) is 0 Å². The Bertz CT molecular complexity index is 752. The minimum atomic E-state index is -4.35. The average molecular weight is 378 g/mol. The van der Waals surface area contributed by atoms with Gasteiger partial charge in [0.15, 0.2) is 0 Å². The van der Waals surface area contributed by atoms with Gasteiger partial charge in [-0.05, 0) is 64.5 Å². The van der Waals surface area contributed by atoms with E-state index in [-0.39, 0.29) is 23.2 Å². The number of alkyl halides is 3. The van der Waals surface area contributed by atoms with Crippen LogP contribution in [0, 0.1) is 6.92 Å². The van der Waals surface area contributed by atoms with Gasteiger partial charge in [-0.1, -0.05) is 42.5 Å². The maximum atomic E-state index is 13.3. The molecule has 0 radical (unpaired) electrons. The van der Waals surface area contributed by atoms with Crippen LogP contribution in [-0.4, -0.2) is 24.5 Å². The topological polar surface area (TPSA) is 15.3 Å². The number of benzene rings is 2. The van der Waals surface area contributed by atoms with Crippen LogP contribution in [0.25, 0.3) is 0 Å². The van der Waals surface area contributed by atoms with Crippen LogP contribution in [0.3, 0.4) is 0 Å². The summed E-state index contributed by atoms with van der Waals surface area (Å²) in [5.41, 5.74) is 1.23. The molecule has 148 valence electrons. The molecule has 0 aliphatic rings. The highest BCUT2D eigenvalue weighted by Crippen LogP contribution is 2.36. The third-order valence-electron chi connectivity index (χ3n) is 5.56. The van der Waals surface area contributed by atoms with Crippen molar-refractivity contribution in [3.05, 3.63) is 70.8 Å². The Hall–Kier alpha value is -1.85. The van der Waals surface area contributed by atoms with Gasteiger partial charge in [-0.3, -0.25) is 0 Å².